The lowest BCUT2D eigenvalue weighted by molar-refractivity contribution is 1.45. The molecule has 0 aliphatic heterocycles. The zero-order valence-corrected chi connectivity index (χ0v) is 7.12. The largest absolute Gasteiger partial charge is 0.0641 e. The van der Waals surface area contributed by atoms with Gasteiger partial charge in [0.05, 0.1) is 5.92 Å². The van der Waals surface area contributed by atoms with Crippen LogP contribution in [-0.4, -0.2) is 0 Å². The van der Waals surface area contributed by atoms with Crippen LogP contribution in [0.4, 0.5) is 0 Å². The molecule has 0 saturated heterocycles. The molecule has 3 rings (SSSR count). The van der Waals surface area contributed by atoms with E-state index in [-0.39, 0.29) is 0 Å². The van der Waals surface area contributed by atoms with Crippen molar-refractivity contribution < 1.29 is 0 Å². The second-order valence-corrected chi connectivity index (χ2v) is 3.20. The molecule has 0 amide bonds. The molecule has 1 aliphatic carbocycles. The van der Waals surface area contributed by atoms with Crippen LogP contribution in [0.1, 0.15) is 16.7 Å². The highest BCUT2D eigenvalue weighted by Gasteiger charge is 2.33. The van der Waals surface area contributed by atoms with Gasteiger partial charge >= 0.3 is 0 Å². The normalized spacial score (nSPS) is 13.8. The van der Waals surface area contributed by atoms with Gasteiger partial charge in [-0.1, -0.05) is 48.5 Å². The number of hydrogen-bond acceptors (Lipinski definition) is 0. The van der Waals surface area contributed by atoms with Crippen LogP contribution >= 0.6 is 0 Å². The van der Waals surface area contributed by atoms with Crippen molar-refractivity contribution in [2.45, 2.75) is 0 Å². The Bertz CT molecular complexity index is 406. The first-order chi connectivity index (χ1) is 6.47. The molecule has 0 aromatic heterocycles. The fourth-order valence-electron chi connectivity index (χ4n) is 1.71. The first kappa shape index (κ1) is 6.90. The van der Waals surface area contributed by atoms with Crippen LogP contribution in [0.2, 0.25) is 0 Å². The first-order valence-corrected chi connectivity index (χ1v) is 4.40. The average molecular weight is 164 g/mol. The van der Waals surface area contributed by atoms with Gasteiger partial charge in [-0.2, -0.15) is 0 Å². The molecule has 0 unspecified atom stereocenters. The molecule has 0 fully saturated rings. The Morgan fingerprint density at radius 3 is 2.08 bits per heavy atom. The Kier molecular flexibility index (Phi) is 1.31. The second kappa shape index (κ2) is 2.46. The van der Waals surface area contributed by atoms with Crippen LogP contribution in [0.25, 0.3) is 0 Å². The van der Waals surface area contributed by atoms with Crippen molar-refractivity contribution in [1.82, 2.24) is 0 Å². The Morgan fingerprint density at radius 2 is 1.46 bits per heavy atom. The molecule has 0 spiro atoms. The van der Waals surface area contributed by atoms with Gasteiger partial charge in [0, 0.05) is 0 Å². The number of benzene rings is 2. The summed E-state index contributed by atoms with van der Waals surface area (Å²) in [6.07, 6.45) is 0. The molecule has 0 heteroatoms. The number of rotatable bonds is 1. The highest BCUT2D eigenvalue weighted by atomic mass is 14.3. The number of hydrogen-bond donors (Lipinski definition) is 0. The first-order valence-electron chi connectivity index (χ1n) is 4.40. The molecule has 0 heterocycles. The zero-order valence-electron chi connectivity index (χ0n) is 7.12. The highest BCUT2D eigenvalue weighted by molar-refractivity contribution is 5.74. The molecular formula is C13H8. The molecule has 0 atom stereocenters. The van der Waals surface area contributed by atoms with Gasteiger partial charge in [0.15, 0.2) is 0 Å². The predicted molar refractivity (Wildman–Crippen MR) is 52.3 cm³/mol. The summed E-state index contributed by atoms with van der Waals surface area (Å²) in [6.45, 7) is 0. The van der Waals surface area contributed by atoms with Crippen molar-refractivity contribution in [3.8, 4) is 0 Å². The summed E-state index contributed by atoms with van der Waals surface area (Å²) < 4.78 is 0. The third-order valence-corrected chi connectivity index (χ3v) is 2.38. The SMILES string of the molecule is [c]1ccccc1[C]1c2ccccc21. The Morgan fingerprint density at radius 1 is 0.769 bits per heavy atom. The Hall–Kier alpha value is -1.56. The third kappa shape index (κ3) is 0.988. The van der Waals surface area contributed by atoms with Crippen LogP contribution < -0.4 is 0 Å². The van der Waals surface area contributed by atoms with Gasteiger partial charge in [-0.15, -0.1) is 0 Å². The summed E-state index contributed by atoms with van der Waals surface area (Å²) in [4.78, 5) is 0. The second-order valence-electron chi connectivity index (χ2n) is 3.20. The van der Waals surface area contributed by atoms with E-state index in [1.54, 1.807) is 0 Å². The standard InChI is InChI=1S/C13H8/c1-2-6-10(7-3-1)13-11-8-4-5-9-12(11)13/h1-6,8-9H. The molecular weight excluding hydrogens is 156 g/mol. The van der Waals surface area contributed by atoms with Gasteiger partial charge < -0.3 is 0 Å². The maximum Gasteiger partial charge on any atom is 0.0641 e. The summed E-state index contributed by atoms with van der Waals surface area (Å²) in [6, 6.07) is 19.8. The molecule has 0 N–H and O–H groups in total. The maximum absolute atomic E-state index is 3.24. The van der Waals surface area contributed by atoms with E-state index in [0.717, 1.165) is 0 Å². The van der Waals surface area contributed by atoms with E-state index in [2.05, 4.69) is 42.5 Å². The third-order valence-electron chi connectivity index (χ3n) is 2.38. The molecule has 60 valence electrons. The van der Waals surface area contributed by atoms with Crippen LogP contribution in [0.5, 0.6) is 0 Å². The summed E-state index contributed by atoms with van der Waals surface area (Å²) in [5, 5.41) is 0. The molecule has 13 heavy (non-hydrogen) atoms. The minimum atomic E-state index is 1.21. The van der Waals surface area contributed by atoms with Gasteiger partial charge in [-0.25, -0.2) is 0 Å². The molecule has 2 aromatic rings. The van der Waals surface area contributed by atoms with E-state index in [9.17, 15) is 0 Å². The topological polar surface area (TPSA) is 0 Å². The molecule has 0 nitrogen and oxygen atoms in total. The molecule has 1 aliphatic rings. The molecule has 0 saturated carbocycles. The average Bonchev–Trinajstić information content (AvgIpc) is 2.93. The van der Waals surface area contributed by atoms with Crippen molar-refractivity contribution in [2.75, 3.05) is 0 Å². The van der Waals surface area contributed by atoms with Gasteiger partial charge in [0.1, 0.15) is 0 Å². The Balaban J connectivity index is 2.02. The lowest BCUT2D eigenvalue weighted by Crippen LogP contribution is -1.79. The lowest BCUT2D eigenvalue weighted by Gasteiger charge is -1.93. The van der Waals surface area contributed by atoms with E-state index in [1.807, 2.05) is 12.1 Å². The Labute approximate surface area is 77.8 Å². The fourth-order valence-corrected chi connectivity index (χ4v) is 1.71. The number of fused-ring (bicyclic) bond motifs is 1. The van der Waals surface area contributed by atoms with Crippen molar-refractivity contribution in [1.29, 1.82) is 0 Å². The minimum absolute atomic E-state index is 1.21. The van der Waals surface area contributed by atoms with E-state index in [0.29, 0.717) is 0 Å². The summed E-state index contributed by atoms with van der Waals surface area (Å²) in [5.74, 6) is 1.37. The monoisotopic (exact) mass is 164 g/mol. The highest BCUT2D eigenvalue weighted by Crippen LogP contribution is 2.46. The minimum Gasteiger partial charge on any atom is -0.0619 e. The summed E-state index contributed by atoms with van der Waals surface area (Å²) >= 11 is 0. The zero-order chi connectivity index (χ0) is 8.67. The van der Waals surface area contributed by atoms with E-state index < -0.39 is 0 Å². The fraction of sp³-hybridized carbons (Fsp3) is 0. The van der Waals surface area contributed by atoms with Crippen LogP contribution in [0, 0.1) is 12.0 Å². The van der Waals surface area contributed by atoms with Crippen molar-refractivity contribution in [2.24, 2.45) is 0 Å². The maximum atomic E-state index is 3.24. The molecule has 2 radical (unpaired) electrons. The van der Waals surface area contributed by atoms with Crippen molar-refractivity contribution in [3.63, 3.8) is 0 Å². The quantitative estimate of drug-likeness (QED) is 0.518. The van der Waals surface area contributed by atoms with E-state index in [1.165, 1.54) is 22.6 Å². The van der Waals surface area contributed by atoms with E-state index in [4.69, 9.17) is 0 Å². The van der Waals surface area contributed by atoms with Crippen LogP contribution in [-0.2, 0) is 0 Å². The van der Waals surface area contributed by atoms with Gasteiger partial charge in [0.25, 0.3) is 0 Å². The summed E-state index contributed by atoms with van der Waals surface area (Å²) in [5.41, 5.74) is 3.97. The smallest absolute Gasteiger partial charge is 0.0619 e. The lowest BCUT2D eigenvalue weighted by atomic mass is 10.1. The van der Waals surface area contributed by atoms with Gasteiger partial charge in [-0.05, 0) is 22.8 Å². The van der Waals surface area contributed by atoms with Crippen molar-refractivity contribution in [3.05, 3.63) is 77.2 Å². The van der Waals surface area contributed by atoms with Crippen molar-refractivity contribution >= 4 is 0 Å². The van der Waals surface area contributed by atoms with Gasteiger partial charge in [0.2, 0.25) is 0 Å². The van der Waals surface area contributed by atoms with Gasteiger partial charge in [-0.3, -0.25) is 0 Å². The molecule has 0 bridgehead atoms. The summed E-state index contributed by atoms with van der Waals surface area (Å²) in [7, 11) is 0. The van der Waals surface area contributed by atoms with Crippen LogP contribution in [0.15, 0.2) is 48.5 Å². The molecule has 2 aromatic carbocycles. The predicted octanol–water partition coefficient (Wildman–Crippen LogP) is 2.82. The van der Waals surface area contributed by atoms with Crippen LogP contribution in [0.3, 0.4) is 0 Å². The van der Waals surface area contributed by atoms with E-state index >= 15 is 0 Å².